The third kappa shape index (κ3) is 5.85. The molecule has 1 atom stereocenters. The van der Waals surface area contributed by atoms with Crippen LogP contribution in [0.4, 0.5) is 0 Å². The minimum atomic E-state index is -0.696. The summed E-state index contributed by atoms with van der Waals surface area (Å²) in [6, 6.07) is 2.86. The molecule has 0 aliphatic carbocycles. The van der Waals surface area contributed by atoms with E-state index in [9.17, 15) is 14.4 Å². The van der Waals surface area contributed by atoms with Crippen LogP contribution < -0.4 is 10.6 Å². The molecule has 2 amide bonds. The average Bonchev–Trinajstić information content (AvgIpc) is 2.89. The molecule has 0 bridgehead atoms. The lowest BCUT2D eigenvalue weighted by Gasteiger charge is -2.18. The summed E-state index contributed by atoms with van der Waals surface area (Å²) in [7, 11) is 1.28. The number of ether oxygens (including phenoxy) is 1. The van der Waals surface area contributed by atoms with Crippen LogP contribution in [-0.4, -0.2) is 37.5 Å². The van der Waals surface area contributed by atoms with Crippen LogP contribution in [0, 0.1) is 12.8 Å². The summed E-state index contributed by atoms with van der Waals surface area (Å²) in [5, 5.41) is 5.12. The van der Waals surface area contributed by atoms with Crippen LogP contribution in [0.15, 0.2) is 12.1 Å². The van der Waals surface area contributed by atoms with Crippen molar-refractivity contribution >= 4 is 29.1 Å². The van der Waals surface area contributed by atoms with Crippen LogP contribution in [-0.2, 0) is 14.3 Å². The van der Waals surface area contributed by atoms with Crippen LogP contribution in [0.3, 0.4) is 0 Å². The molecule has 0 saturated carbocycles. The molecule has 0 aliphatic heterocycles. The molecular formula is C15H22N2O4S. The highest BCUT2D eigenvalue weighted by Gasteiger charge is 2.22. The molecule has 0 aromatic carbocycles. The number of amides is 2. The zero-order valence-corrected chi connectivity index (χ0v) is 14.1. The zero-order chi connectivity index (χ0) is 16.7. The molecule has 7 heteroatoms. The van der Waals surface area contributed by atoms with Crippen LogP contribution in [0.2, 0.25) is 0 Å². The fourth-order valence-corrected chi connectivity index (χ4v) is 2.66. The Kier molecular flexibility index (Phi) is 7.04. The van der Waals surface area contributed by atoms with Gasteiger partial charge in [-0.05, 0) is 31.4 Å². The van der Waals surface area contributed by atoms with Crippen molar-refractivity contribution in [3.05, 3.63) is 21.9 Å². The second kappa shape index (κ2) is 8.53. The van der Waals surface area contributed by atoms with Crippen molar-refractivity contribution in [1.29, 1.82) is 0 Å². The molecule has 1 heterocycles. The second-order valence-electron chi connectivity index (χ2n) is 5.37. The largest absolute Gasteiger partial charge is 0.467 e. The van der Waals surface area contributed by atoms with Gasteiger partial charge >= 0.3 is 5.97 Å². The topological polar surface area (TPSA) is 84.5 Å². The average molecular weight is 326 g/mol. The number of rotatable bonds is 7. The van der Waals surface area contributed by atoms with Crippen LogP contribution >= 0.6 is 11.3 Å². The number of nitrogens with one attached hydrogen (secondary N) is 2. The summed E-state index contributed by atoms with van der Waals surface area (Å²) in [6.07, 6.45) is 0.483. The summed E-state index contributed by atoms with van der Waals surface area (Å²) in [6.45, 7) is 5.62. The lowest BCUT2D eigenvalue weighted by Crippen LogP contribution is -2.46. The maximum absolute atomic E-state index is 11.9. The SMILES string of the molecule is COC(=O)[C@@H](CC(C)C)NC(=O)CNC(=O)c1ccc(C)s1. The van der Waals surface area contributed by atoms with Crippen molar-refractivity contribution in [1.82, 2.24) is 10.6 Å². The molecule has 122 valence electrons. The number of carbonyl (C=O) groups is 3. The maximum Gasteiger partial charge on any atom is 0.328 e. The number of methoxy groups -OCH3 is 1. The van der Waals surface area contributed by atoms with E-state index < -0.39 is 17.9 Å². The van der Waals surface area contributed by atoms with E-state index in [1.165, 1.54) is 18.4 Å². The van der Waals surface area contributed by atoms with Gasteiger partial charge in [0.05, 0.1) is 18.5 Å². The number of carbonyl (C=O) groups excluding carboxylic acids is 3. The first kappa shape index (κ1) is 18.2. The molecule has 0 aliphatic rings. The van der Waals surface area contributed by atoms with Gasteiger partial charge in [-0.3, -0.25) is 9.59 Å². The van der Waals surface area contributed by atoms with Gasteiger partial charge in [0.25, 0.3) is 5.91 Å². The highest BCUT2D eigenvalue weighted by atomic mass is 32.1. The number of aryl methyl sites for hydroxylation is 1. The van der Waals surface area contributed by atoms with Crippen molar-refractivity contribution in [3.8, 4) is 0 Å². The van der Waals surface area contributed by atoms with Crippen LogP contribution in [0.25, 0.3) is 0 Å². The van der Waals surface area contributed by atoms with Gasteiger partial charge in [-0.25, -0.2) is 4.79 Å². The Morgan fingerprint density at radius 3 is 2.45 bits per heavy atom. The first-order valence-corrected chi connectivity index (χ1v) is 7.87. The van der Waals surface area contributed by atoms with E-state index >= 15 is 0 Å². The van der Waals surface area contributed by atoms with E-state index in [1.54, 1.807) is 6.07 Å². The van der Waals surface area contributed by atoms with Crippen molar-refractivity contribution in [2.75, 3.05) is 13.7 Å². The molecule has 0 radical (unpaired) electrons. The summed E-state index contributed by atoms with van der Waals surface area (Å²) < 4.78 is 4.67. The summed E-state index contributed by atoms with van der Waals surface area (Å²) in [5.41, 5.74) is 0. The van der Waals surface area contributed by atoms with E-state index in [2.05, 4.69) is 15.4 Å². The van der Waals surface area contributed by atoms with Gasteiger partial charge in [-0.15, -0.1) is 11.3 Å². The van der Waals surface area contributed by atoms with Crippen molar-refractivity contribution in [2.24, 2.45) is 5.92 Å². The standard InChI is InChI=1S/C15H22N2O4S/c1-9(2)7-11(15(20)21-4)17-13(18)8-16-14(19)12-6-5-10(3)22-12/h5-6,9,11H,7-8H2,1-4H3,(H,16,19)(H,17,18)/t11-/m1/s1. The van der Waals surface area contributed by atoms with Gasteiger partial charge < -0.3 is 15.4 Å². The first-order valence-electron chi connectivity index (χ1n) is 7.05. The van der Waals surface area contributed by atoms with Crippen LogP contribution in [0.5, 0.6) is 0 Å². The number of hydrogen-bond donors (Lipinski definition) is 2. The molecule has 0 spiro atoms. The van der Waals surface area contributed by atoms with Crippen molar-refractivity contribution in [2.45, 2.75) is 33.2 Å². The van der Waals surface area contributed by atoms with Gasteiger partial charge in [-0.1, -0.05) is 13.8 Å². The highest BCUT2D eigenvalue weighted by molar-refractivity contribution is 7.13. The monoisotopic (exact) mass is 326 g/mol. The summed E-state index contributed by atoms with van der Waals surface area (Å²) in [4.78, 5) is 36.9. The molecule has 0 saturated heterocycles. The minimum absolute atomic E-state index is 0.179. The number of thiophene rings is 1. The molecule has 0 fully saturated rings. The summed E-state index contributed by atoms with van der Waals surface area (Å²) >= 11 is 1.36. The Morgan fingerprint density at radius 2 is 1.95 bits per heavy atom. The minimum Gasteiger partial charge on any atom is -0.467 e. The van der Waals surface area contributed by atoms with E-state index in [0.29, 0.717) is 11.3 Å². The zero-order valence-electron chi connectivity index (χ0n) is 13.3. The first-order chi connectivity index (χ1) is 10.3. The van der Waals surface area contributed by atoms with E-state index in [-0.39, 0.29) is 18.4 Å². The lowest BCUT2D eigenvalue weighted by atomic mass is 10.0. The Labute approximate surface area is 134 Å². The molecule has 1 aromatic rings. The smallest absolute Gasteiger partial charge is 0.328 e. The van der Waals surface area contributed by atoms with Gasteiger partial charge in [0, 0.05) is 4.88 Å². The predicted octanol–water partition coefficient (Wildman–Crippen LogP) is 1.49. The molecule has 1 rings (SSSR count). The van der Waals surface area contributed by atoms with Gasteiger partial charge in [0.2, 0.25) is 5.91 Å². The molecule has 6 nitrogen and oxygen atoms in total. The molecule has 22 heavy (non-hydrogen) atoms. The number of esters is 1. The third-order valence-electron chi connectivity index (χ3n) is 2.90. The highest BCUT2D eigenvalue weighted by Crippen LogP contribution is 2.14. The van der Waals surface area contributed by atoms with Gasteiger partial charge in [0.15, 0.2) is 0 Å². The fourth-order valence-electron chi connectivity index (χ4n) is 1.88. The Morgan fingerprint density at radius 1 is 1.27 bits per heavy atom. The second-order valence-corrected chi connectivity index (χ2v) is 6.65. The van der Waals surface area contributed by atoms with E-state index in [0.717, 1.165) is 4.88 Å². The maximum atomic E-state index is 11.9. The quantitative estimate of drug-likeness (QED) is 0.744. The lowest BCUT2D eigenvalue weighted by molar-refractivity contribution is -0.145. The Balaban J connectivity index is 2.49. The molecular weight excluding hydrogens is 304 g/mol. The molecule has 2 N–H and O–H groups in total. The molecule has 1 aromatic heterocycles. The Hall–Kier alpha value is -1.89. The van der Waals surface area contributed by atoms with Crippen molar-refractivity contribution < 1.29 is 19.1 Å². The number of hydrogen-bond acceptors (Lipinski definition) is 5. The van der Waals surface area contributed by atoms with Crippen LogP contribution in [0.1, 0.15) is 34.8 Å². The van der Waals surface area contributed by atoms with Crippen molar-refractivity contribution in [3.63, 3.8) is 0 Å². The van der Waals surface area contributed by atoms with Gasteiger partial charge in [-0.2, -0.15) is 0 Å². The van der Waals surface area contributed by atoms with E-state index in [4.69, 9.17) is 0 Å². The van der Waals surface area contributed by atoms with E-state index in [1.807, 2.05) is 26.8 Å². The third-order valence-corrected chi connectivity index (χ3v) is 3.90. The predicted molar refractivity (Wildman–Crippen MR) is 84.8 cm³/mol. The fraction of sp³-hybridized carbons (Fsp3) is 0.533. The molecule has 0 unspecified atom stereocenters. The summed E-state index contributed by atoms with van der Waals surface area (Å²) in [5.74, 6) is -0.972. The Bertz CT molecular complexity index is 539. The van der Waals surface area contributed by atoms with Gasteiger partial charge in [0.1, 0.15) is 6.04 Å². The normalized spacial score (nSPS) is 11.9.